The molecule has 0 atom stereocenters. The van der Waals surface area contributed by atoms with Crippen LogP contribution in [0.4, 0.5) is 0 Å². The molecule has 1 aromatic carbocycles. The average molecular weight is 321 g/mol. The van der Waals surface area contributed by atoms with Crippen molar-refractivity contribution in [2.75, 3.05) is 26.2 Å². The molecule has 4 nitrogen and oxygen atoms in total. The predicted octanol–water partition coefficient (Wildman–Crippen LogP) is 2.40. The van der Waals surface area contributed by atoms with Crippen molar-refractivity contribution in [1.82, 2.24) is 10.2 Å². The second-order valence-electron chi connectivity index (χ2n) is 6.35. The van der Waals surface area contributed by atoms with Crippen LogP contribution in [0.15, 0.2) is 23.2 Å². The number of nitrogens with zero attached hydrogens (tertiary/aromatic N) is 2. The molecule has 1 aliphatic heterocycles. The first-order valence-corrected chi connectivity index (χ1v) is 8.62. The fourth-order valence-electron chi connectivity index (χ4n) is 3.11. The van der Waals surface area contributed by atoms with Crippen LogP contribution in [0.5, 0.6) is 0 Å². The second-order valence-corrected chi connectivity index (χ2v) is 6.76. The molecule has 3 N–H and O–H groups in total. The summed E-state index contributed by atoms with van der Waals surface area (Å²) < 4.78 is 0. The highest BCUT2D eigenvalue weighted by molar-refractivity contribution is 6.31. The van der Waals surface area contributed by atoms with E-state index in [-0.39, 0.29) is 0 Å². The smallest absolute Gasteiger partial charge is 0.188 e. The number of halogens is 1. The first-order chi connectivity index (χ1) is 10.7. The molecular weight excluding hydrogens is 296 g/mol. The molecule has 0 radical (unpaired) electrons. The maximum absolute atomic E-state index is 6.25. The Kier molecular flexibility index (Phi) is 5.21. The molecule has 0 aromatic heterocycles. The van der Waals surface area contributed by atoms with E-state index in [0.29, 0.717) is 5.96 Å². The number of nitrogens with one attached hydrogen (secondary N) is 1. The van der Waals surface area contributed by atoms with Crippen LogP contribution >= 0.6 is 11.6 Å². The zero-order valence-corrected chi connectivity index (χ0v) is 13.8. The van der Waals surface area contributed by atoms with Gasteiger partial charge >= 0.3 is 0 Å². The van der Waals surface area contributed by atoms with E-state index >= 15 is 0 Å². The maximum atomic E-state index is 6.25. The van der Waals surface area contributed by atoms with E-state index in [1.165, 1.54) is 30.4 Å². The summed E-state index contributed by atoms with van der Waals surface area (Å²) in [5.74, 6) is 1.36. The number of rotatable bonds is 5. The van der Waals surface area contributed by atoms with E-state index in [1.807, 2.05) is 12.1 Å². The van der Waals surface area contributed by atoms with Gasteiger partial charge in [-0.25, -0.2) is 0 Å². The molecule has 3 rings (SSSR count). The summed E-state index contributed by atoms with van der Waals surface area (Å²) in [5.41, 5.74) is 8.58. The summed E-state index contributed by atoms with van der Waals surface area (Å²) in [5, 5.41) is 4.13. The first kappa shape index (κ1) is 15.6. The maximum Gasteiger partial charge on any atom is 0.188 e. The minimum absolute atomic E-state index is 0.590. The van der Waals surface area contributed by atoms with Crippen molar-refractivity contribution in [2.24, 2.45) is 16.6 Å². The van der Waals surface area contributed by atoms with Crippen LogP contribution in [0.1, 0.15) is 30.4 Å². The molecule has 1 aliphatic carbocycles. The van der Waals surface area contributed by atoms with Gasteiger partial charge in [-0.3, -0.25) is 9.89 Å². The van der Waals surface area contributed by atoms with E-state index in [2.05, 4.69) is 21.3 Å². The summed E-state index contributed by atoms with van der Waals surface area (Å²) in [7, 11) is 0. The van der Waals surface area contributed by atoms with E-state index in [9.17, 15) is 0 Å². The number of aliphatic imine (C=N–C) groups is 1. The van der Waals surface area contributed by atoms with E-state index in [1.54, 1.807) is 0 Å². The number of benzene rings is 1. The fourth-order valence-corrected chi connectivity index (χ4v) is 3.40. The van der Waals surface area contributed by atoms with Gasteiger partial charge in [-0.1, -0.05) is 30.2 Å². The summed E-state index contributed by atoms with van der Waals surface area (Å²) in [6.45, 7) is 4.73. The lowest BCUT2D eigenvalue weighted by Gasteiger charge is -2.29. The van der Waals surface area contributed by atoms with Gasteiger partial charge in [0.25, 0.3) is 0 Å². The lowest BCUT2D eigenvalue weighted by atomic mass is 9.86. The highest BCUT2D eigenvalue weighted by Crippen LogP contribution is 2.26. The molecule has 22 heavy (non-hydrogen) atoms. The van der Waals surface area contributed by atoms with Crippen LogP contribution in [-0.2, 0) is 13.0 Å². The SMILES string of the molecule is NC(=NCC1CCC1)NCCN1CCc2c(Cl)cccc2C1. The molecule has 120 valence electrons. The minimum atomic E-state index is 0.590. The zero-order chi connectivity index (χ0) is 15.4. The highest BCUT2D eigenvalue weighted by atomic mass is 35.5. The molecule has 2 aliphatic rings. The van der Waals surface area contributed by atoms with Crippen molar-refractivity contribution >= 4 is 17.6 Å². The molecule has 5 heteroatoms. The number of nitrogens with two attached hydrogens (primary N) is 1. The fraction of sp³-hybridized carbons (Fsp3) is 0.588. The standard InChI is InChI=1S/C17H25ClN4/c18-16-6-2-5-14-12-22(9-7-15(14)16)10-8-20-17(19)21-11-13-3-1-4-13/h2,5-6,13H,1,3-4,7-12H2,(H3,19,20,21). The van der Waals surface area contributed by atoms with E-state index < -0.39 is 0 Å². The Morgan fingerprint density at radius 1 is 1.41 bits per heavy atom. The monoisotopic (exact) mass is 320 g/mol. The summed E-state index contributed by atoms with van der Waals surface area (Å²) in [4.78, 5) is 6.86. The molecule has 0 spiro atoms. The van der Waals surface area contributed by atoms with Gasteiger partial charge in [-0.2, -0.15) is 0 Å². The van der Waals surface area contributed by atoms with Gasteiger partial charge in [0.15, 0.2) is 5.96 Å². The Labute approximate surface area is 137 Å². The highest BCUT2D eigenvalue weighted by Gasteiger charge is 2.18. The Balaban J connectivity index is 1.41. The van der Waals surface area contributed by atoms with Gasteiger partial charge in [0.05, 0.1) is 0 Å². The Morgan fingerprint density at radius 3 is 3.05 bits per heavy atom. The molecular formula is C17H25ClN4. The third kappa shape index (κ3) is 3.93. The molecule has 1 heterocycles. The van der Waals surface area contributed by atoms with Gasteiger partial charge < -0.3 is 11.1 Å². The van der Waals surface area contributed by atoms with Gasteiger partial charge in [0.1, 0.15) is 0 Å². The number of hydrogen-bond acceptors (Lipinski definition) is 2. The minimum Gasteiger partial charge on any atom is -0.370 e. The van der Waals surface area contributed by atoms with Gasteiger partial charge in [0, 0.05) is 37.7 Å². The van der Waals surface area contributed by atoms with Crippen LogP contribution < -0.4 is 11.1 Å². The van der Waals surface area contributed by atoms with Gasteiger partial charge in [0.2, 0.25) is 0 Å². The Hall–Kier alpha value is -1.26. The lowest BCUT2D eigenvalue weighted by Crippen LogP contribution is -2.40. The van der Waals surface area contributed by atoms with Crippen molar-refractivity contribution in [1.29, 1.82) is 0 Å². The summed E-state index contributed by atoms with van der Waals surface area (Å²) in [6, 6.07) is 6.19. The quantitative estimate of drug-likeness (QED) is 0.647. The molecule has 1 fully saturated rings. The van der Waals surface area contributed by atoms with Crippen LogP contribution in [0, 0.1) is 5.92 Å². The van der Waals surface area contributed by atoms with Crippen LogP contribution in [0.2, 0.25) is 5.02 Å². The lowest BCUT2D eigenvalue weighted by molar-refractivity contribution is 0.258. The molecule has 0 bridgehead atoms. The van der Waals surface area contributed by atoms with Crippen molar-refractivity contribution in [3.63, 3.8) is 0 Å². The first-order valence-electron chi connectivity index (χ1n) is 8.25. The second kappa shape index (κ2) is 7.34. The van der Waals surface area contributed by atoms with Gasteiger partial charge in [-0.05, 0) is 42.4 Å². The number of hydrogen-bond donors (Lipinski definition) is 2. The van der Waals surface area contributed by atoms with Crippen molar-refractivity contribution in [2.45, 2.75) is 32.2 Å². The third-order valence-corrected chi connectivity index (χ3v) is 5.12. The zero-order valence-electron chi connectivity index (χ0n) is 13.0. The topological polar surface area (TPSA) is 53.6 Å². The summed E-state index contributed by atoms with van der Waals surface area (Å²) in [6.07, 6.45) is 5.01. The molecule has 0 saturated heterocycles. The number of fused-ring (bicyclic) bond motifs is 1. The van der Waals surface area contributed by atoms with Crippen LogP contribution in [-0.4, -0.2) is 37.0 Å². The predicted molar refractivity (Wildman–Crippen MR) is 92.3 cm³/mol. The molecule has 0 unspecified atom stereocenters. The number of guanidine groups is 1. The summed E-state index contributed by atoms with van der Waals surface area (Å²) >= 11 is 6.25. The van der Waals surface area contributed by atoms with E-state index in [0.717, 1.165) is 50.1 Å². The van der Waals surface area contributed by atoms with Crippen molar-refractivity contribution in [3.05, 3.63) is 34.3 Å². The van der Waals surface area contributed by atoms with Crippen molar-refractivity contribution < 1.29 is 0 Å². The Morgan fingerprint density at radius 2 is 2.27 bits per heavy atom. The molecule has 1 aromatic rings. The average Bonchev–Trinajstić information content (AvgIpc) is 2.46. The Bertz CT molecular complexity index is 539. The normalized spacial score (nSPS) is 19.6. The third-order valence-electron chi connectivity index (χ3n) is 4.77. The van der Waals surface area contributed by atoms with Crippen LogP contribution in [0.3, 0.4) is 0 Å². The molecule has 1 saturated carbocycles. The van der Waals surface area contributed by atoms with Crippen molar-refractivity contribution in [3.8, 4) is 0 Å². The van der Waals surface area contributed by atoms with E-state index in [4.69, 9.17) is 17.3 Å². The van der Waals surface area contributed by atoms with Crippen LogP contribution in [0.25, 0.3) is 0 Å². The largest absolute Gasteiger partial charge is 0.370 e. The molecule has 0 amide bonds. The van der Waals surface area contributed by atoms with Gasteiger partial charge in [-0.15, -0.1) is 0 Å².